The van der Waals surface area contributed by atoms with Gasteiger partial charge in [0.05, 0.1) is 6.54 Å². The Balaban J connectivity index is 0.890. The van der Waals surface area contributed by atoms with Crippen LogP contribution >= 0.6 is 0 Å². The summed E-state index contributed by atoms with van der Waals surface area (Å²) in [6.07, 6.45) is -1.85. The summed E-state index contributed by atoms with van der Waals surface area (Å²) in [7, 11) is 0. The topological polar surface area (TPSA) is 182 Å². The number of hydrogen-bond donors (Lipinski definition) is 5. The van der Waals surface area contributed by atoms with Gasteiger partial charge in [0.1, 0.15) is 31.2 Å². The number of carbonyl (C=O) groups is 5. The predicted molar refractivity (Wildman–Crippen MR) is 237 cm³/mol. The molecule has 7 rings (SSSR count). The molecular formula is C49H51N5O9. The minimum absolute atomic E-state index is 0.0134. The lowest BCUT2D eigenvalue weighted by molar-refractivity contribution is 0.0519. The first-order valence-electron chi connectivity index (χ1n) is 20.9. The summed E-state index contributed by atoms with van der Waals surface area (Å²) in [4.78, 5) is 64.2. The molecule has 0 aromatic heterocycles. The summed E-state index contributed by atoms with van der Waals surface area (Å²) in [5.74, 6) is -1.02. The van der Waals surface area contributed by atoms with Crippen LogP contribution in [0.1, 0.15) is 75.6 Å². The Bertz CT molecular complexity index is 2240. The third-order valence-corrected chi connectivity index (χ3v) is 10.5. The first-order valence-corrected chi connectivity index (χ1v) is 20.9. The van der Waals surface area contributed by atoms with E-state index in [2.05, 4.69) is 50.8 Å². The molecule has 326 valence electrons. The molecule has 0 unspecified atom stereocenters. The van der Waals surface area contributed by atoms with Crippen LogP contribution in [0.4, 0.5) is 14.4 Å². The highest BCUT2D eigenvalue weighted by Crippen LogP contribution is 2.45. The normalized spacial score (nSPS) is 12.4. The molecule has 5 aromatic rings. The van der Waals surface area contributed by atoms with Crippen LogP contribution in [0.2, 0.25) is 0 Å². The van der Waals surface area contributed by atoms with Crippen molar-refractivity contribution in [3.05, 3.63) is 149 Å². The minimum atomic E-state index is -0.675. The zero-order chi connectivity index (χ0) is 44.3. The molecule has 0 bridgehead atoms. The second-order valence-electron chi connectivity index (χ2n) is 16.0. The summed E-state index contributed by atoms with van der Waals surface area (Å²) < 4.78 is 22.3. The molecule has 2 aliphatic rings. The quantitative estimate of drug-likeness (QED) is 0.0510. The highest BCUT2D eigenvalue weighted by atomic mass is 16.6. The first-order chi connectivity index (χ1) is 30.4. The van der Waals surface area contributed by atoms with Crippen molar-refractivity contribution in [1.82, 2.24) is 26.6 Å². The Kier molecular flexibility index (Phi) is 13.9. The van der Waals surface area contributed by atoms with Crippen LogP contribution in [-0.4, -0.2) is 88.2 Å². The molecule has 0 saturated carbocycles. The number of benzene rings is 5. The molecule has 63 heavy (non-hydrogen) atoms. The SMILES string of the molecule is CC(C)(C)OC(=O)NCCOc1cc(C(=O)NCCNC(=O)OCC2c3ccccc3-c3ccccc32)cc(C(=O)NCCNC(=O)OCC2c3ccccc3-c3ccccc32)c1. The van der Waals surface area contributed by atoms with Crippen molar-refractivity contribution in [2.24, 2.45) is 0 Å². The fourth-order valence-electron chi connectivity index (χ4n) is 7.76. The van der Waals surface area contributed by atoms with Crippen LogP contribution in [-0.2, 0) is 14.2 Å². The molecule has 5 N–H and O–H groups in total. The van der Waals surface area contributed by atoms with E-state index >= 15 is 0 Å². The van der Waals surface area contributed by atoms with E-state index in [4.69, 9.17) is 18.9 Å². The van der Waals surface area contributed by atoms with Gasteiger partial charge in [-0.25, -0.2) is 14.4 Å². The van der Waals surface area contributed by atoms with E-state index in [9.17, 15) is 24.0 Å². The largest absolute Gasteiger partial charge is 0.492 e. The summed E-state index contributed by atoms with van der Waals surface area (Å²) in [5.41, 5.74) is 8.47. The van der Waals surface area contributed by atoms with E-state index in [1.165, 1.54) is 18.2 Å². The molecule has 2 aliphatic carbocycles. The van der Waals surface area contributed by atoms with Gasteiger partial charge >= 0.3 is 18.3 Å². The molecule has 0 saturated heterocycles. The molecule has 0 aliphatic heterocycles. The number of ether oxygens (including phenoxy) is 4. The zero-order valence-corrected chi connectivity index (χ0v) is 35.5. The second kappa shape index (κ2) is 20.0. The Labute approximate surface area is 366 Å². The molecule has 0 spiro atoms. The van der Waals surface area contributed by atoms with Gasteiger partial charge in [0.15, 0.2) is 0 Å². The Morgan fingerprint density at radius 1 is 0.476 bits per heavy atom. The van der Waals surface area contributed by atoms with Gasteiger partial charge in [-0.15, -0.1) is 0 Å². The fourth-order valence-corrected chi connectivity index (χ4v) is 7.76. The number of rotatable bonds is 16. The average molecular weight is 854 g/mol. The van der Waals surface area contributed by atoms with Crippen molar-refractivity contribution in [2.45, 2.75) is 38.2 Å². The van der Waals surface area contributed by atoms with Crippen molar-refractivity contribution < 1.29 is 42.9 Å². The van der Waals surface area contributed by atoms with E-state index in [1.54, 1.807) is 20.8 Å². The number of alkyl carbamates (subject to hydrolysis) is 3. The molecule has 0 heterocycles. The highest BCUT2D eigenvalue weighted by molar-refractivity contribution is 6.00. The molecule has 0 atom stereocenters. The monoisotopic (exact) mass is 853 g/mol. The number of amides is 5. The summed E-state index contributed by atoms with van der Waals surface area (Å²) >= 11 is 0. The maximum Gasteiger partial charge on any atom is 0.407 e. The van der Waals surface area contributed by atoms with Gasteiger partial charge in [-0.3, -0.25) is 9.59 Å². The predicted octanol–water partition coefficient (Wildman–Crippen LogP) is 7.13. The van der Waals surface area contributed by atoms with E-state index in [1.807, 2.05) is 72.8 Å². The lowest BCUT2D eigenvalue weighted by Crippen LogP contribution is -2.36. The van der Waals surface area contributed by atoms with Gasteiger partial charge in [0, 0.05) is 49.1 Å². The van der Waals surface area contributed by atoms with Crippen molar-refractivity contribution in [1.29, 1.82) is 0 Å². The Morgan fingerprint density at radius 2 is 0.841 bits per heavy atom. The van der Waals surface area contributed by atoms with Gasteiger partial charge in [-0.05, 0) is 83.5 Å². The molecule has 5 aromatic carbocycles. The van der Waals surface area contributed by atoms with Gasteiger partial charge in [-0.1, -0.05) is 97.1 Å². The van der Waals surface area contributed by atoms with Crippen molar-refractivity contribution >= 4 is 30.1 Å². The van der Waals surface area contributed by atoms with Crippen LogP contribution < -0.4 is 31.3 Å². The third kappa shape index (κ3) is 11.1. The number of fused-ring (bicyclic) bond motifs is 6. The lowest BCUT2D eigenvalue weighted by Gasteiger charge is -2.19. The van der Waals surface area contributed by atoms with E-state index in [0.717, 1.165) is 44.5 Å². The summed E-state index contributed by atoms with van der Waals surface area (Å²) in [6, 6.07) is 36.6. The van der Waals surface area contributed by atoms with Crippen molar-refractivity contribution in [2.75, 3.05) is 52.5 Å². The maximum absolute atomic E-state index is 13.4. The summed E-state index contributed by atoms with van der Waals surface area (Å²) in [6.45, 7) is 5.97. The molecular weight excluding hydrogens is 803 g/mol. The van der Waals surface area contributed by atoms with E-state index in [-0.39, 0.29) is 81.3 Å². The highest BCUT2D eigenvalue weighted by Gasteiger charge is 2.30. The van der Waals surface area contributed by atoms with Crippen molar-refractivity contribution in [3.8, 4) is 28.0 Å². The minimum Gasteiger partial charge on any atom is -0.492 e. The van der Waals surface area contributed by atoms with Gasteiger partial charge in [-0.2, -0.15) is 0 Å². The standard InChI is InChI=1S/C49H51N5O9/c1-49(2,3)63-48(59)54-24-25-60-33-27-31(44(55)50-20-22-52-46(57)61-29-42-38-16-8-4-12-34(38)35-13-5-9-17-39(35)42)26-32(28-33)45(56)51-21-23-53-47(58)62-30-43-40-18-10-6-14-36(40)37-15-7-11-19-41(37)43/h4-19,26-28,42-43H,20-25,29-30H2,1-3H3,(H,50,55)(H,51,56)(H,52,57)(H,53,58)(H,54,59). The molecule has 0 fully saturated rings. The third-order valence-electron chi connectivity index (χ3n) is 10.5. The smallest absolute Gasteiger partial charge is 0.407 e. The van der Waals surface area contributed by atoms with E-state index < -0.39 is 35.7 Å². The summed E-state index contributed by atoms with van der Waals surface area (Å²) in [5, 5.41) is 13.5. The molecule has 5 amide bonds. The van der Waals surface area contributed by atoms with Crippen LogP contribution in [0.25, 0.3) is 22.3 Å². The average Bonchev–Trinajstić information content (AvgIpc) is 3.78. The van der Waals surface area contributed by atoms with E-state index in [0.29, 0.717) is 0 Å². The van der Waals surface area contributed by atoms with Crippen LogP contribution in [0.3, 0.4) is 0 Å². The Morgan fingerprint density at radius 3 is 1.24 bits per heavy atom. The first kappa shape index (κ1) is 43.7. The van der Waals surface area contributed by atoms with Crippen LogP contribution in [0.15, 0.2) is 115 Å². The molecule has 14 nitrogen and oxygen atoms in total. The Hall–Kier alpha value is -7.35. The number of nitrogens with one attached hydrogen (secondary N) is 5. The van der Waals surface area contributed by atoms with Gasteiger partial charge in [0.25, 0.3) is 11.8 Å². The molecule has 14 heteroatoms. The second-order valence-corrected chi connectivity index (χ2v) is 16.0. The molecule has 0 radical (unpaired) electrons. The van der Waals surface area contributed by atoms with Gasteiger partial charge in [0.2, 0.25) is 0 Å². The fraction of sp³-hybridized carbons (Fsp3) is 0.286. The number of carbonyl (C=O) groups excluding carboxylic acids is 5. The van der Waals surface area contributed by atoms with Gasteiger partial charge < -0.3 is 45.5 Å². The number of hydrogen-bond acceptors (Lipinski definition) is 9. The van der Waals surface area contributed by atoms with Crippen LogP contribution in [0.5, 0.6) is 5.75 Å². The maximum atomic E-state index is 13.4. The van der Waals surface area contributed by atoms with Crippen molar-refractivity contribution in [3.63, 3.8) is 0 Å². The lowest BCUT2D eigenvalue weighted by atomic mass is 9.98. The van der Waals surface area contributed by atoms with Crippen LogP contribution in [0, 0.1) is 0 Å². The zero-order valence-electron chi connectivity index (χ0n) is 35.5.